The Morgan fingerprint density at radius 1 is 1.17 bits per heavy atom. The normalized spacial score (nSPS) is 17.3. The summed E-state index contributed by atoms with van der Waals surface area (Å²) in [6.07, 6.45) is 3.82. The largest absolute Gasteiger partial charge is 0.400 e. The van der Waals surface area contributed by atoms with Gasteiger partial charge in [0.2, 0.25) is 5.91 Å². The number of hydrogen-bond acceptors (Lipinski definition) is 5. The topological polar surface area (TPSA) is 95.8 Å². The van der Waals surface area contributed by atoms with Crippen LogP contribution in [-0.4, -0.2) is 40.7 Å². The molecule has 158 valence electrons. The number of carbonyl (C=O) groups is 1. The lowest BCUT2D eigenvalue weighted by molar-refractivity contribution is -0.147. The first-order chi connectivity index (χ1) is 14.5. The van der Waals surface area contributed by atoms with Gasteiger partial charge in [0.1, 0.15) is 5.82 Å². The second-order valence-electron chi connectivity index (χ2n) is 7.12. The lowest BCUT2D eigenvalue weighted by Gasteiger charge is -2.43. The Balaban J connectivity index is 1.98. The van der Waals surface area contributed by atoms with Crippen LogP contribution in [0.1, 0.15) is 23.6 Å². The second-order valence-corrected chi connectivity index (χ2v) is 7.12. The maximum atomic E-state index is 14.0. The number of amides is 1. The molecule has 0 radical (unpaired) electrons. The summed E-state index contributed by atoms with van der Waals surface area (Å²) >= 11 is 0. The molecule has 1 heterocycles. The molecule has 1 unspecified atom stereocenters. The van der Waals surface area contributed by atoms with Gasteiger partial charge in [-0.2, -0.15) is 0 Å². The van der Waals surface area contributed by atoms with Crippen molar-refractivity contribution in [3.05, 3.63) is 82.8 Å². The first kappa shape index (κ1) is 21.5. The van der Waals surface area contributed by atoms with Crippen molar-refractivity contribution in [2.75, 3.05) is 19.7 Å². The quantitative estimate of drug-likeness (QED) is 0.651. The van der Waals surface area contributed by atoms with Gasteiger partial charge in [-0.25, -0.2) is 9.40 Å². The number of aliphatic hydroxyl groups is 1. The molecule has 0 saturated heterocycles. The third-order valence-electron chi connectivity index (χ3n) is 5.15. The molecule has 3 rings (SSSR count). The average molecular weight is 410 g/mol. The summed E-state index contributed by atoms with van der Waals surface area (Å²) in [5.74, 6) is -1.10. The molecule has 0 bridgehead atoms. The van der Waals surface area contributed by atoms with E-state index in [2.05, 4.69) is 0 Å². The van der Waals surface area contributed by atoms with E-state index in [4.69, 9.17) is 11.5 Å². The third-order valence-corrected chi connectivity index (χ3v) is 5.15. The fourth-order valence-electron chi connectivity index (χ4n) is 3.51. The van der Waals surface area contributed by atoms with Gasteiger partial charge in [0.25, 0.3) is 0 Å². The number of hydrogen-bond donors (Lipinski definition) is 3. The monoisotopic (exact) mass is 410 g/mol. The van der Waals surface area contributed by atoms with Gasteiger partial charge in [-0.05, 0) is 30.7 Å². The van der Waals surface area contributed by atoms with Crippen LogP contribution >= 0.6 is 0 Å². The number of hydrazine groups is 1. The molecule has 1 amide bonds. The Hall–Kier alpha value is -3.16. The van der Waals surface area contributed by atoms with Crippen molar-refractivity contribution in [1.82, 2.24) is 10.0 Å². The lowest BCUT2D eigenvalue weighted by Crippen LogP contribution is -2.53. The summed E-state index contributed by atoms with van der Waals surface area (Å²) in [6.45, 7) is 2.09. The number of rotatable bonds is 7. The zero-order chi connectivity index (χ0) is 21.7. The molecule has 5 N–H and O–H groups in total. The SMILES string of the molecule is CC1C(=O)N(CC=Cc2ccccc2)N(CCO)C(c2ccc(F)c(CN)c2)=C1N. The maximum Gasteiger partial charge on any atom is 0.250 e. The van der Waals surface area contributed by atoms with E-state index in [-0.39, 0.29) is 25.6 Å². The third kappa shape index (κ3) is 4.37. The molecule has 7 heteroatoms. The summed E-state index contributed by atoms with van der Waals surface area (Å²) in [7, 11) is 0. The van der Waals surface area contributed by atoms with Gasteiger partial charge in [0.05, 0.1) is 31.3 Å². The standard InChI is InChI=1S/C23H27FN4O2/c1-16-21(26)22(18-9-10-20(24)19(14-18)15-25)27(12-13-29)28(23(16)30)11-5-8-17-6-3-2-4-7-17/h2-10,14,16,29H,11-13,15,25-26H2,1H3. The van der Waals surface area contributed by atoms with E-state index in [9.17, 15) is 14.3 Å². The Bertz CT molecular complexity index is 959. The predicted molar refractivity (Wildman–Crippen MR) is 116 cm³/mol. The molecule has 6 nitrogen and oxygen atoms in total. The molecule has 0 saturated carbocycles. The highest BCUT2D eigenvalue weighted by Crippen LogP contribution is 2.33. The van der Waals surface area contributed by atoms with E-state index in [0.717, 1.165) is 5.56 Å². The molecule has 1 aliphatic rings. The van der Waals surface area contributed by atoms with Gasteiger partial charge in [-0.3, -0.25) is 9.80 Å². The highest BCUT2D eigenvalue weighted by atomic mass is 19.1. The van der Waals surface area contributed by atoms with Crippen LogP contribution in [0.3, 0.4) is 0 Å². The number of carbonyl (C=O) groups excluding carboxylic acids is 1. The molecule has 0 aliphatic carbocycles. The van der Waals surface area contributed by atoms with Crippen molar-refractivity contribution in [3.63, 3.8) is 0 Å². The first-order valence-electron chi connectivity index (χ1n) is 9.87. The van der Waals surface area contributed by atoms with Crippen LogP contribution in [0.5, 0.6) is 0 Å². The smallest absolute Gasteiger partial charge is 0.250 e. The minimum absolute atomic E-state index is 0.0465. The van der Waals surface area contributed by atoms with Gasteiger partial charge in [0.15, 0.2) is 0 Å². The van der Waals surface area contributed by atoms with E-state index >= 15 is 0 Å². The van der Waals surface area contributed by atoms with Gasteiger partial charge in [0, 0.05) is 23.4 Å². The van der Waals surface area contributed by atoms with Gasteiger partial charge in [-0.1, -0.05) is 42.5 Å². The van der Waals surface area contributed by atoms with E-state index < -0.39 is 11.7 Å². The van der Waals surface area contributed by atoms with Crippen LogP contribution < -0.4 is 11.5 Å². The molecule has 2 aromatic carbocycles. The van der Waals surface area contributed by atoms with Crippen molar-refractivity contribution < 1.29 is 14.3 Å². The molecule has 1 aliphatic heterocycles. The maximum absolute atomic E-state index is 14.0. The predicted octanol–water partition coefficient (Wildman–Crippen LogP) is 2.31. The molecule has 0 fully saturated rings. The molecule has 0 spiro atoms. The van der Waals surface area contributed by atoms with Crippen molar-refractivity contribution >= 4 is 17.7 Å². The Morgan fingerprint density at radius 3 is 2.57 bits per heavy atom. The Labute approximate surface area is 175 Å². The van der Waals surface area contributed by atoms with Crippen LogP contribution in [0.4, 0.5) is 4.39 Å². The average Bonchev–Trinajstić information content (AvgIpc) is 2.76. The molecule has 2 aromatic rings. The highest BCUT2D eigenvalue weighted by Gasteiger charge is 2.36. The van der Waals surface area contributed by atoms with Crippen LogP contribution in [0.2, 0.25) is 0 Å². The fraction of sp³-hybridized carbons (Fsp3) is 0.261. The van der Waals surface area contributed by atoms with Crippen LogP contribution in [0.15, 0.2) is 60.3 Å². The molecule has 0 aromatic heterocycles. The second kappa shape index (κ2) is 9.56. The number of nitrogens with zero attached hydrogens (tertiary/aromatic N) is 2. The van der Waals surface area contributed by atoms with Crippen molar-refractivity contribution in [2.45, 2.75) is 13.5 Å². The summed E-state index contributed by atoms with van der Waals surface area (Å²) in [4.78, 5) is 13.0. The van der Waals surface area contributed by atoms with Gasteiger partial charge >= 0.3 is 0 Å². The van der Waals surface area contributed by atoms with Crippen LogP contribution in [0, 0.1) is 11.7 Å². The summed E-state index contributed by atoms with van der Waals surface area (Å²) in [5, 5.41) is 12.9. The van der Waals surface area contributed by atoms with Crippen molar-refractivity contribution in [1.29, 1.82) is 0 Å². The Morgan fingerprint density at radius 2 is 1.90 bits per heavy atom. The number of β-amino-alcohol motifs (C(OH)–C–C–N with tert-alkyl or cyclic N) is 1. The van der Waals surface area contributed by atoms with Crippen molar-refractivity contribution in [2.24, 2.45) is 17.4 Å². The number of nitrogens with two attached hydrogens (primary N) is 2. The zero-order valence-corrected chi connectivity index (χ0v) is 17.0. The van der Waals surface area contributed by atoms with E-state index in [1.165, 1.54) is 6.07 Å². The number of aliphatic hydroxyl groups excluding tert-OH is 1. The summed E-state index contributed by atoms with van der Waals surface area (Å²) < 4.78 is 14.0. The number of benzene rings is 2. The van der Waals surface area contributed by atoms with E-state index in [1.54, 1.807) is 29.1 Å². The number of halogens is 1. The van der Waals surface area contributed by atoms with Crippen molar-refractivity contribution in [3.8, 4) is 0 Å². The van der Waals surface area contributed by atoms with Crippen LogP contribution in [0.25, 0.3) is 11.8 Å². The minimum atomic E-state index is -0.550. The molecule has 30 heavy (non-hydrogen) atoms. The Kier molecular flexibility index (Phi) is 6.87. The van der Waals surface area contributed by atoms with Gasteiger partial charge < -0.3 is 16.6 Å². The summed E-state index contributed by atoms with van der Waals surface area (Å²) in [5.41, 5.74) is 15.0. The molecular weight excluding hydrogens is 383 g/mol. The fourth-order valence-corrected chi connectivity index (χ4v) is 3.51. The van der Waals surface area contributed by atoms with Crippen LogP contribution in [-0.2, 0) is 11.3 Å². The van der Waals surface area contributed by atoms with E-state index in [1.807, 2.05) is 42.5 Å². The molecular formula is C23H27FN4O2. The first-order valence-corrected chi connectivity index (χ1v) is 9.87. The molecule has 1 atom stereocenters. The zero-order valence-electron chi connectivity index (χ0n) is 17.0. The highest BCUT2D eigenvalue weighted by molar-refractivity contribution is 5.88. The minimum Gasteiger partial charge on any atom is -0.400 e. The lowest BCUT2D eigenvalue weighted by atomic mass is 9.97. The summed E-state index contributed by atoms with van der Waals surface area (Å²) in [6, 6.07) is 14.4. The van der Waals surface area contributed by atoms with E-state index in [0.29, 0.717) is 29.1 Å². The van der Waals surface area contributed by atoms with Gasteiger partial charge in [-0.15, -0.1) is 0 Å².